The Kier molecular flexibility index (Phi) is 11.1. The highest BCUT2D eigenvalue weighted by Crippen LogP contribution is 2.56. The second kappa shape index (κ2) is 18.4. The predicted molar refractivity (Wildman–Crippen MR) is 300 cm³/mol. The maximum absolute atomic E-state index is 2.40. The molecule has 0 bridgehead atoms. The zero-order valence-corrected chi connectivity index (χ0v) is 40.3. The molecule has 13 rings (SSSR count). The van der Waals surface area contributed by atoms with E-state index in [1.807, 2.05) is 23.5 Å². The fourth-order valence-corrected chi connectivity index (χ4v) is 12.4. The zero-order valence-electron chi connectivity index (χ0n) is 38.6. The van der Waals surface area contributed by atoms with E-state index >= 15 is 0 Å². The summed E-state index contributed by atoms with van der Waals surface area (Å²) in [5.74, 6) is 0. The molecule has 0 fully saturated rings. The van der Waals surface area contributed by atoms with Crippen LogP contribution in [0.4, 0.5) is 51.2 Å². The Bertz CT molecular complexity index is 3490. The summed E-state index contributed by atoms with van der Waals surface area (Å²) >= 11 is 3.71. The summed E-state index contributed by atoms with van der Waals surface area (Å²) in [6.07, 6.45) is 0. The number of para-hydroxylation sites is 4. The standard InChI is InChI=1S/C66H45N3S2/c1-4-16-46(17-5-1)47-30-32-48(33-31-47)49-34-40-54(41-35-49)67(55-42-36-50(37-43-55)57-22-14-26-61-65(57)70-63-28-12-10-24-59(63)68(61)52-18-6-2-7-19-52)56-44-38-51(39-45-56)58-23-15-27-62-66(58)71-64-29-13-11-25-60(64)69(62)53-20-8-3-9-21-53/h1-45H. The highest BCUT2D eigenvalue weighted by atomic mass is 32.2. The van der Waals surface area contributed by atoms with Crippen LogP contribution in [0.1, 0.15) is 0 Å². The molecular weight excluding hydrogens is 899 g/mol. The van der Waals surface area contributed by atoms with Crippen molar-refractivity contribution in [1.29, 1.82) is 0 Å². The quantitative estimate of drug-likeness (QED) is 0.142. The van der Waals surface area contributed by atoms with Gasteiger partial charge in [-0.25, -0.2) is 0 Å². The van der Waals surface area contributed by atoms with E-state index in [2.05, 4.69) is 288 Å². The summed E-state index contributed by atoms with van der Waals surface area (Å²) in [4.78, 5) is 12.2. The Balaban J connectivity index is 0.873. The molecule has 2 aliphatic heterocycles. The smallest absolute Gasteiger partial charge is 0.0607 e. The van der Waals surface area contributed by atoms with Crippen LogP contribution >= 0.6 is 23.5 Å². The topological polar surface area (TPSA) is 9.72 Å². The molecule has 0 amide bonds. The van der Waals surface area contributed by atoms with Crippen LogP contribution in [-0.4, -0.2) is 0 Å². The molecule has 0 saturated heterocycles. The molecule has 3 nitrogen and oxygen atoms in total. The largest absolute Gasteiger partial charge is 0.311 e. The van der Waals surface area contributed by atoms with Crippen molar-refractivity contribution in [3.05, 3.63) is 273 Å². The van der Waals surface area contributed by atoms with Gasteiger partial charge in [0.2, 0.25) is 0 Å². The van der Waals surface area contributed by atoms with Gasteiger partial charge < -0.3 is 14.7 Å². The molecule has 0 spiro atoms. The van der Waals surface area contributed by atoms with Crippen LogP contribution in [0.15, 0.2) is 293 Å². The van der Waals surface area contributed by atoms with Crippen molar-refractivity contribution >= 4 is 74.7 Å². The van der Waals surface area contributed by atoms with Crippen LogP contribution in [0.25, 0.3) is 44.5 Å². The minimum Gasteiger partial charge on any atom is -0.311 e. The van der Waals surface area contributed by atoms with Crippen molar-refractivity contribution < 1.29 is 0 Å². The molecular formula is C66H45N3S2. The summed E-state index contributed by atoms with van der Waals surface area (Å²) in [5, 5.41) is 0. The van der Waals surface area contributed by atoms with Crippen molar-refractivity contribution in [1.82, 2.24) is 0 Å². The van der Waals surface area contributed by atoms with Crippen molar-refractivity contribution in [2.75, 3.05) is 14.7 Å². The molecule has 336 valence electrons. The summed E-state index contributed by atoms with van der Waals surface area (Å²) in [7, 11) is 0. The molecule has 0 atom stereocenters. The SMILES string of the molecule is c1ccc(-c2ccc(-c3ccc(N(c4ccc(-c5cccc6c5Sc5ccccc5N6c5ccccc5)cc4)c4ccc(-c5cccc6c5Sc5ccccc5N6c5ccccc5)cc4)cc3)cc2)cc1. The Morgan fingerprint density at radius 1 is 0.239 bits per heavy atom. The fourth-order valence-electron chi connectivity index (χ4n) is 10.0. The van der Waals surface area contributed by atoms with Gasteiger partial charge >= 0.3 is 0 Å². The highest BCUT2D eigenvalue weighted by Gasteiger charge is 2.29. The van der Waals surface area contributed by atoms with Crippen molar-refractivity contribution in [2.24, 2.45) is 0 Å². The van der Waals surface area contributed by atoms with Gasteiger partial charge in [0.15, 0.2) is 0 Å². The van der Waals surface area contributed by atoms with E-state index in [0.29, 0.717) is 0 Å². The number of hydrogen-bond donors (Lipinski definition) is 0. The molecule has 11 aromatic rings. The van der Waals surface area contributed by atoms with Gasteiger partial charge in [-0.15, -0.1) is 0 Å². The van der Waals surface area contributed by atoms with Crippen LogP contribution in [0.5, 0.6) is 0 Å². The van der Waals surface area contributed by atoms with E-state index in [-0.39, 0.29) is 0 Å². The highest BCUT2D eigenvalue weighted by molar-refractivity contribution is 8.00. The molecule has 11 aromatic carbocycles. The van der Waals surface area contributed by atoms with Gasteiger partial charge in [0.25, 0.3) is 0 Å². The minimum absolute atomic E-state index is 1.08. The summed E-state index contributed by atoms with van der Waals surface area (Å²) < 4.78 is 0. The third-order valence-electron chi connectivity index (χ3n) is 13.5. The first-order valence-corrected chi connectivity index (χ1v) is 25.6. The molecule has 0 N–H and O–H groups in total. The fraction of sp³-hybridized carbons (Fsp3) is 0. The van der Waals surface area contributed by atoms with Gasteiger partial charge in [-0.05, 0) is 142 Å². The molecule has 5 heteroatoms. The van der Waals surface area contributed by atoms with Crippen LogP contribution in [0, 0.1) is 0 Å². The monoisotopic (exact) mass is 943 g/mol. The first kappa shape index (κ1) is 42.6. The number of fused-ring (bicyclic) bond motifs is 4. The number of nitrogens with zero attached hydrogens (tertiary/aromatic N) is 3. The second-order valence-corrected chi connectivity index (χ2v) is 19.8. The first-order valence-electron chi connectivity index (χ1n) is 24.0. The number of rotatable bonds is 9. The lowest BCUT2D eigenvalue weighted by Crippen LogP contribution is -2.15. The molecule has 2 aliphatic rings. The van der Waals surface area contributed by atoms with Crippen LogP contribution in [0.3, 0.4) is 0 Å². The van der Waals surface area contributed by atoms with Crippen LogP contribution in [-0.2, 0) is 0 Å². The Morgan fingerprint density at radius 3 is 0.958 bits per heavy atom. The van der Waals surface area contributed by atoms with Gasteiger partial charge in [-0.2, -0.15) is 0 Å². The maximum Gasteiger partial charge on any atom is 0.0607 e. The van der Waals surface area contributed by atoms with Gasteiger partial charge in [-0.3, -0.25) is 0 Å². The van der Waals surface area contributed by atoms with E-state index < -0.39 is 0 Å². The summed E-state index contributed by atoms with van der Waals surface area (Å²) in [6, 6.07) is 98.9. The van der Waals surface area contributed by atoms with Crippen molar-refractivity contribution in [3.63, 3.8) is 0 Å². The van der Waals surface area contributed by atoms with Crippen molar-refractivity contribution in [3.8, 4) is 44.5 Å². The molecule has 0 saturated carbocycles. The number of benzene rings is 11. The van der Waals surface area contributed by atoms with Crippen LogP contribution < -0.4 is 14.7 Å². The van der Waals surface area contributed by atoms with Gasteiger partial charge in [-0.1, -0.05) is 199 Å². The molecule has 0 aliphatic carbocycles. The van der Waals surface area contributed by atoms with E-state index in [0.717, 1.165) is 28.4 Å². The van der Waals surface area contributed by atoms with Gasteiger partial charge in [0.1, 0.15) is 0 Å². The molecule has 71 heavy (non-hydrogen) atoms. The predicted octanol–water partition coefficient (Wildman–Crippen LogP) is 19.7. The minimum atomic E-state index is 1.08. The van der Waals surface area contributed by atoms with Gasteiger partial charge in [0.05, 0.1) is 22.7 Å². The van der Waals surface area contributed by atoms with Crippen molar-refractivity contribution in [2.45, 2.75) is 19.6 Å². The Morgan fingerprint density at radius 2 is 0.549 bits per heavy atom. The van der Waals surface area contributed by atoms with Gasteiger partial charge in [0, 0.05) is 48.0 Å². The van der Waals surface area contributed by atoms with E-state index in [1.165, 1.54) is 86.8 Å². The molecule has 0 aromatic heterocycles. The maximum atomic E-state index is 2.40. The van der Waals surface area contributed by atoms with E-state index in [1.54, 1.807) is 0 Å². The average Bonchev–Trinajstić information content (AvgIpc) is 3.45. The van der Waals surface area contributed by atoms with E-state index in [4.69, 9.17) is 0 Å². The first-order chi connectivity index (χ1) is 35.2. The Labute approximate surface area is 424 Å². The lowest BCUT2D eigenvalue weighted by molar-refractivity contribution is 1.17. The summed E-state index contributed by atoms with van der Waals surface area (Å²) in [6.45, 7) is 0. The third kappa shape index (κ3) is 7.96. The second-order valence-electron chi connectivity index (χ2n) is 17.7. The third-order valence-corrected chi connectivity index (χ3v) is 15.9. The zero-order chi connectivity index (χ0) is 47.1. The average molecular weight is 944 g/mol. The normalized spacial score (nSPS) is 12.3. The summed E-state index contributed by atoms with van der Waals surface area (Å²) in [5.41, 5.74) is 19.9. The Hall–Kier alpha value is -8.48. The molecule has 0 unspecified atom stereocenters. The number of anilines is 9. The molecule has 2 heterocycles. The number of hydrogen-bond acceptors (Lipinski definition) is 5. The lowest BCUT2D eigenvalue weighted by Gasteiger charge is -2.34. The van der Waals surface area contributed by atoms with E-state index in [9.17, 15) is 0 Å². The lowest BCUT2D eigenvalue weighted by atomic mass is 9.99. The molecule has 0 radical (unpaired) electrons. The van der Waals surface area contributed by atoms with Crippen LogP contribution in [0.2, 0.25) is 0 Å².